The zero-order valence-corrected chi connectivity index (χ0v) is 21.9. The molecular weight excluding hydrogens is 510 g/mol. The highest BCUT2D eigenvalue weighted by molar-refractivity contribution is 5.95. The van der Waals surface area contributed by atoms with Crippen molar-refractivity contribution in [2.75, 3.05) is 43.6 Å². The molecule has 5 rings (SSSR count). The minimum atomic E-state index is -0.527. The van der Waals surface area contributed by atoms with E-state index in [0.717, 1.165) is 0 Å². The maximum atomic E-state index is 12.6. The van der Waals surface area contributed by atoms with Gasteiger partial charge in [-0.05, 0) is 35.4 Å². The fourth-order valence-electron chi connectivity index (χ4n) is 4.87. The largest absolute Gasteiger partial charge is 0.497 e. The summed E-state index contributed by atoms with van der Waals surface area (Å²) in [6, 6.07) is 27.2. The molecule has 11 nitrogen and oxygen atoms in total. The second-order valence-corrected chi connectivity index (χ2v) is 9.21. The van der Waals surface area contributed by atoms with Gasteiger partial charge in [0.05, 0.1) is 18.1 Å². The van der Waals surface area contributed by atoms with Crippen LogP contribution in [-0.4, -0.2) is 59.0 Å². The van der Waals surface area contributed by atoms with E-state index in [0.29, 0.717) is 37.5 Å². The number of hydrogen-bond acceptors (Lipinski definition) is 9. The van der Waals surface area contributed by atoms with Gasteiger partial charge >= 0.3 is 5.69 Å². The molecule has 1 aliphatic rings. The maximum absolute atomic E-state index is 12.6. The summed E-state index contributed by atoms with van der Waals surface area (Å²) < 4.78 is 5.11. The van der Waals surface area contributed by atoms with Crippen LogP contribution in [0.1, 0.15) is 27.5 Å². The first kappa shape index (κ1) is 26.6. The topological polar surface area (TPSA) is 126 Å². The highest BCUT2D eigenvalue weighted by atomic mass is 16.6. The van der Waals surface area contributed by atoms with Gasteiger partial charge in [0.1, 0.15) is 12.1 Å². The van der Waals surface area contributed by atoms with Crippen molar-refractivity contribution in [2.45, 2.75) is 6.04 Å². The van der Waals surface area contributed by atoms with Crippen molar-refractivity contribution in [1.29, 1.82) is 0 Å². The molecule has 1 fully saturated rings. The van der Waals surface area contributed by atoms with Crippen LogP contribution in [0.25, 0.3) is 0 Å². The number of nitro groups is 1. The molecule has 1 aromatic heterocycles. The highest BCUT2D eigenvalue weighted by Gasteiger charge is 2.32. The third kappa shape index (κ3) is 5.84. The molecule has 204 valence electrons. The summed E-state index contributed by atoms with van der Waals surface area (Å²) in [5.41, 5.74) is 7.53. The van der Waals surface area contributed by atoms with Gasteiger partial charge in [0.15, 0.2) is 0 Å². The summed E-state index contributed by atoms with van der Waals surface area (Å²) in [6.07, 6.45) is 1.26. The molecule has 0 atom stereocenters. The number of carbonyl (C=O) groups excluding carboxylic acids is 1. The van der Waals surface area contributed by atoms with Gasteiger partial charge in [-0.15, -0.1) is 0 Å². The summed E-state index contributed by atoms with van der Waals surface area (Å²) >= 11 is 0. The summed E-state index contributed by atoms with van der Waals surface area (Å²) in [5, 5.41) is 12.1. The van der Waals surface area contributed by atoms with Crippen molar-refractivity contribution in [2.24, 2.45) is 0 Å². The number of benzene rings is 3. The predicted octanol–water partition coefficient (Wildman–Crippen LogP) is 4.06. The Labute approximate surface area is 231 Å². The number of carbonyl (C=O) groups is 1. The number of amides is 1. The van der Waals surface area contributed by atoms with Crippen LogP contribution in [0.2, 0.25) is 0 Å². The van der Waals surface area contributed by atoms with Gasteiger partial charge in [0.25, 0.3) is 5.91 Å². The van der Waals surface area contributed by atoms with E-state index in [1.165, 1.54) is 24.6 Å². The quantitative estimate of drug-likeness (QED) is 0.239. The normalized spacial score (nSPS) is 13.6. The minimum absolute atomic E-state index is 0.0651. The molecule has 2 N–H and O–H groups in total. The summed E-state index contributed by atoms with van der Waals surface area (Å²) in [6.45, 7) is 2.41. The van der Waals surface area contributed by atoms with E-state index in [4.69, 9.17) is 4.74 Å². The van der Waals surface area contributed by atoms with Crippen LogP contribution >= 0.6 is 0 Å². The van der Waals surface area contributed by atoms with E-state index in [-0.39, 0.29) is 23.4 Å². The molecule has 0 aliphatic carbocycles. The van der Waals surface area contributed by atoms with E-state index in [1.54, 1.807) is 24.3 Å². The molecule has 0 bridgehead atoms. The molecule has 1 saturated heterocycles. The van der Waals surface area contributed by atoms with Crippen molar-refractivity contribution >= 4 is 23.2 Å². The number of rotatable bonds is 9. The highest BCUT2D eigenvalue weighted by Crippen LogP contribution is 2.34. The standard InChI is InChI=1S/C29H29N7O4/c1-40-24-14-12-23(13-15-24)29(37)33-32-27-26(36(38)39)28(31-20-30-27)35-18-16-34(17-19-35)25(21-8-4-2-5-9-21)22-10-6-3-7-11-22/h2-15,20,25H,16-19H2,1H3,(H,33,37)(H,30,31,32). The average Bonchev–Trinajstić information content (AvgIpc) is 3.01. The van der Waals surface area contributed by atoms with Crippen LogP contribution in [0, 0.1) is 10.1 Å². The summed E-state index contributed by atoms with van der Waals surface area (Å²) in [5.74, 6) is 0.251. The Morgan fingerprint density at radius 2 is 1.50 bits per heavy atom. The van der Waals surface area contributed by atoms with Crippen LogP contribution in [0.5, 0.6) is 5.75 Å². The fourth-order valence-corrected chi connectivity index (χ4v) is 4.87. The second-order valence-electron chi connectivity index (χ2n) is 9.21. The Kier molecular flexibility index (Phi) is 8.12. The third-order valence-electron chi connectivity index (χ3n) is 6.84. The molecule has 3 aromatic carbocycles. The van der Waals surface area contributed by atoms with E-state index < -0.39 is 10.8 Å². The molecular formula is C29H29N7O4. The van der Waals surface area contributed by atoms with E-state index in [2.05, 4.69) is 50.0 Å². The molecule has 1 amide bonds. The number of aromatic nitrogens is 2. The number of hydrazine groups is 1. The number of ether oxygens (including phenoxy) is 1. The molecule has 0 radical (unpaired) electrons. The van der Waals surface area contributed by atoms with E-state index >= 15 is 0 Å². The van der Waals surface area contributed by atoms with Gasteiger partial charge in [-0.1, -0.05) is 60.7 Å². The monoisotopic (exact) mass is 539 g/mol. The molecule has 1 aliphatic heterocycles. The Balaban J connectivity index is 1.31. The van der Waals surface area contributed by atoms with Crippen molar-refractivity contribution in [3.63, 3.8) is 0 Å². The Hall–Kier alpha value is -5.03. The fraction of sp³-hybridized carbons (Fsp3) is 0.207. The zero-order chi connectivity index (χ0) is 27.9. The molecule has 40 heavy (non-hydrogen) atoms. The molecule has 11 heteroatoms. The van der Waals surface area contributed by atoms with Crippen LogP contribution in [0.3, 0.4) is 0 Å². The predicted molar refractivity (Wildman–Crippen MR) is 151 cm³/mol. The molecule has 4 aromatic rings. The Morgan fingerprint density at radius 1 is 0.900 bits per heavy atom. The Bertz CT molecular complexity index is 1410. The smallest absolute Gasteiger partial charge is 0.355 e. The number of hydrogen-bond donors (Lipinski definition) is 2. The van der Waals surface area contributed by atoms with Crippen molar-refractivity contribution in [3.8, 4) is 5.75 Å². The average molecular weight is 540 g/mol. The van der Waals surface area contributed by atoms with Gasteiger partial charge in [-0.3, -0.25) is 30.7 Å². The molecule has 0 unspecified atom stereocenters. The molecule has 0 spiro atoms. The number of anilines is 2. The summed E-state index contributed by atoms with van der Waals surface area (Å²) in [4.78, 5) is 36.7. The zero-order valence-electron chi connectivity index (χ0n) is 21.9. The lowest BCUT2D eigenvalue weighted by Crippen LogP contribution is -2.48. The Morgan fingerprint density at radius 3 is 2.05 bits per heavy atom. The maximum Gasteiger partial charge on any atom is 0.355 e. The van der Waals surface area contributed by atoms with Gasteiger partial charge < -0.3 is 9.64 Å². The van der Waals surface area contributed by atoms with Crippen LogP contribution < -0.4 is 20.5 Å². The first-order valence-electron chi connectivity index (χ1n) is 12.8. The third-order valence-corrected chi connectivity index (χ3v) is 6.84. The van der Waals surface area contributed by atoms with Crippen LogP contribution in [0.15, 0.2) is 91.3 Å². The number of methoxy groups -OCH3 is 1. The van der Waals surface area contributed by atoms with E-state index in [1.807, 2.05) is 41.3 Å². The van der Waals surface area contributed by atoms with Crippen molar-refractivity contribution in [3.05, 3.63) is 118 Å². The van der Waals surface area contributed by atoms with Crippen molar-refractivity contribution < 1.29 is 14.5 Å². The lowest BCUT2D eigenvalue weighted by molar-refractivity contribution is -0.383. The second kappa shape index (κ2) is 12.2. The first-order chi connectivity index (χ1) is 19.5. The summed E-state index contributed by atoms with van der Waals surface area (Å²) in [7, 11) is 1.53. The molecule has 0 saturated carbocycles. The number of piperazine rings is 1. The SMILES string of the molecule is COc1ccc(C(=O)NNc2ncnc(N3CCN(C(c4ccccc4)c4ccccc4)CC3)c2[N+](=O)[O-])cc1. The van der Waals surface area contributed by atoms with Gasteiger partial charge in [0.2, 0.25) is 11.6 Å². The lowest BCUT2D eigenvalue weighted by atomic mass is 9.96. The first-order valence-corrected chi connectivity index (χ1v) is 12.8. The minimum Gasteiger partial charge on any atom is -0.497 e. The number of nitrogens with zero attached hydrogens (tertiary/aromatic N) is 5. The van der Waals surface area contributed by atoms with Crippen LogP contribution in [0.4, 0.5) is 17.3 Å². The van der Waals surface area contributed by atoms with E-state index in [9.17, 15) is 14.9 Å². The van der Waals surface area contributed by atoms with Gasteiger partial charge in [-0.25, -0.2) is 9.97 Å². The lowest BCUT2D eigenvalue weighted by Gasteiger charge is -2.40. The number of nitrogens with one attached hydrogen (secondary N) is 2. The van der Waals surface area contributed by atoms with Gasteiger partial charge in [-0.2, -0.15) is 0 Å². The van der Waals surface area contributed by atoms with Crippen LogP contribution in [-0.2, 0) is 0 Å². The molecule has 2 heterocycles. The van der Waals surface area contributed by atoms with Gasteiger partial charge in [0, 0.05) is 31.7 Å². The van der Waals surface area contributed by atoms with Crippen molar-refractivity contribution in [1.82, 2.24) is 20.3 Å².